The highest BCUT2D eigenvalue weighted by molar-refractivity contribution is 5.85. The Bertz CT molecular complexity index is 497. The highest BCUT2D eigenvalue weighted by Crippen LogP contribution is 2.30. The summed E-state index contributed by atoms with van der Waals surface area (Å²) in [5, 5.41) is 0. The van der Waals surface area contributed by atoms with Gasteiger partial charge in [-0.2, -0.15) is 0 Å². The van der Waals surface area contributed by atoms with Crippen LogP contribution < -0.4 is 5.73 Å². The Balaban J connectivity index is 0.00000176. The smallest absolute Gasteiger partial charge is 0.225 e. The summed E-state index contributed by atoms with van der Waals surface area (Å²) >= 11 is 0. The molecule has 3 rings (SSSR count). The lowest BCUT2D eigenvalue weighted by atomic mass is 10.0. The van der Waals surface area contributed by atoms with Gasteiger partial charge >= 0.3 is 0 Å². The first-order valence-corrected chi connectivity index (χ1v) is 7.88. The van der Waals surface area contributed by atoms with Crippen LogP contribution in [0.3, 0.4) is 0 Å². The van der Waals surface area contributed by atoms with Gasteiger partial charge in [0.05, 0.1) is 12.6 Å². The van der Waals surface area contributed by atoms with Crippen LogP contribution in [0.1, 0.15) is 37.9 Å². The minimum Gasteiger partial charge on any atom is -0.367 e. The summed E-state index contributed by atoms with van der Waals surface area (Å²) < 4.78 is 6.02. The number of rotatable bonds is 2. The molecule has 1 aromatic rings. The molecule has 0 bridgehead atoms. The van der Waals surface area contributed by atoms with E-state index < -0.39 is 0 Å². The quantitative estimate of drug-likeness (QED) is 0.909. The number of morpholine rings is 1. The van der Waals surface area contributed by atoms with Gasteiger partial charge in [-0.3, -0.25) is 4.79 Å². The van der Waals surface area contributed by atoms with Crippen molar-refractivity contribution in [1.82, 2.24) is 4.90 Å². The minimum atomic E-state index is -0.0195. The zero-order chi connectivity index (χ0) is 14.8. The van der Waals surface area contributed by atoms with Gasteiger partial charge in [-0.05, 0) is 31.7 Å². The zero-order valence-electron chi connectivity index (χ0n) is 13.0. The molecule has 4 unspecified atom stereocenters. The molecule has 0 aromatic heterocycles. The molecule has 2 aliphatic rings. The van der Waals surface area contributed by atoms with Crippen molar-refractivity contribution in [2.45, 2.75) is 44.4 Å². The van der Waals surface area contributed by atoms with E-state index in [9.17, 15) is 4.79 Å². The second-order valence-electron chi connectivity index (χ2n) is 6.36. The van der Waals surface area contributed by atoms with Crippen LogP contribution in [0.15, 0.2) is 30.3 Å². The van der Waals surface area contributed by atoms with Crippen LogP contribution >= 0.6 is 12.4 Å². The average molecular weight is 325 g/mol. The van der Waals surface area contributed by atoms with E-state index >= 15 is 0 Å². The van der Waals surface area contributed by atoms with E-state index in [0.717, 1.165) is 24.8 Å². The first kappa shape index (κ1) is 17.3. The molecule has 2 fully saturated rings. The fourth-order valence-corrected chi connectivity index (χ4v) is 3.48. The monoisotopic (exact) mass is 324 g/mol. The van der Waals surface area contributed by atoms with Crippen LogP contribution in [0.25, 0.3) is 0 Å². The van der Waals surface area contributed by atoms with Gasteiger partial charge < -0.3 is 15.4 Å². The van der Waals surface area contributed by atoms with Crippen LogP contribution in [-0.4, -0.2) is 36.0 Å². The van der Waals surface area contributed by atoms with Gasteiger partial charge in [-0.15, -0.1) is 12.4 Å². The largest absolute Gasteiger partial charge is 0.367 e. The molecule has 5 heteroatoms. The number of carbonyl (C=O) groups excluding carboxylic acids is 1. The van der Waals surface area contributed by atoms with Gasteiger partial charge in [-0.25, -0.2) is 0 Å². The summed E-state index contributed by atoms with van der Waals surface area (Å²) in [6.45, 7) is 3.38. The topological polar surface area (TPSA) is 55.6 Å². The fraction of sp³-hybridized carbons (Fsp3) is 0.588. The number of amides is 1. The Labute approximate surface area is 138 Å². The van der Waals surface area contributed by atoms with Crippen LogP contribution in [0.4, 0.5) is 0 Å². The molecule has 4 atom stereocenters. The van der Waals surface area contributed by atoms with Crippen molar-refractivity contribution in [2.75, 3.05) is 13.1 Å². The molecule has 22 heavy (non-hydrogen) atoms. The number of hydrogen-bond donors (Lipinski definition) is 1. The lowest BCUT2D eigenvalue weighted by Gasteiger charge is -2.38. The van der Waals surface area contributed by atoms with Gasteiger partial charge in [0, 0.05) is 18.5 Å². The Hall–Kier alpha value is -1.10. The van der Waals surface area contributed by atoms with Crippen molar-refractivity contribution in [3.63, 3.8) is 0 Å². The summed E-state index contributed by atoms with van der Waals surface area (Å²) in [6.07, 6.45) is 2.79. The maximum Gasteiger partial charge on any atom is 0.225 e. The predicted molar refractivity (Wildman–Crippen MR) is 88.9 cm³/mol. The van der Waals surface area contributed by atoms with Gasteiger partial charge in [0.25, 0.3) is 0 Å². The molecule has 0 radical (unpaired) electrons. The third kappa shape index (κ3) is 3.80. The number of ether oxygens (including phenoxy) is 1. The predicted octanol–water partition coefficient (Wildman–Crippen LogP) is 2.52. The summed E-state index contributed by atoms with van der Waals surface area (Å²) in [4.78, 5) is 14.7. The molecule has 1 aliphatic heterocycles. The van der Waals surface area contributed by atoms with E-state index in [2.05, 4.69) is 12.1 Å². The molecule has 1 saturated carbocycles. The third-order valence-electron chi connectivity index (χ3n) is 4.57. The van der Waals surface area contributed by atoms with Crippen LogP contribution in [0.2, 0.25) is 0 Å². The summed E-state index contributed by atoms with van der Waals surface area (Å²) in [5.74, 6) is 0.376. The lowest BCUT2D eigenvalue weighted by molar-refractivity contribution is -0.148. The van der Waals surface area contributed by atoms with E-state index in [1.54, 1.807) is 0 Å². The average Bonchev–Trinajstić information content (AvgIpc) is 2.93. The Morgan fingerprint density at radius 3 is 2.59 bits per heavy atom. The van der Waals surface area contributed by atoms with Crippen molar-refractivity contribution >= 4 is 18.3 Å². The Kier molecular flexibility index (Phi) is 5.84. The first-order chi connectivity index (χ1) is 10.1. The number of halogens is 1. The fourth-order valence-electron chi connectivity index (χ4n) is 3.48. The van der Waals surface area contributed by atoms with Crippen molar-refractivity contribution in [2.24, 2.45) is 11.7 Å². The van der Waals surface area contributed by atoms with Crippen LogP contribution in [-0.2, 0) is 9.53 Å². The molecule has 2 N–H and O–H groups in total. The highest BCUT2D eigenvalue weighted by Gasteiger charge is 2.35. The number of hydrogen-bond acceptors (Lipinski definition) is 3. The third-order valence-corrected chi connectivity index (χ3v) is 4.57. The lowest BCUT2D eigenvalue weighted by Crippen LogP contribution is -2.47. The van der Waals surface area contributed by atoms with Crippen molar-refractivity contribution in [1.29, 1.82) is 0 Å². The molecule has 1 heterocycles. The summed E-state index contributed by atoms with van der Waals surface area (Å²) in [5.41, 5.74) is 7.09. The Morgan fingerprint density at radius 2 is 1.95 bits per heavy atom. The van der Waals surface area contributed by atoms with Gasteiger partial charge in [0.2, 0.25) is 5.91 Å². The van der Waals surface area contributed by atoms with E-state index in [4.69, 9.17) is 10.5 Å². The van der Waals surface area contributed by atoms with E-state index in [1.807, 2.05) is 30.0 Å². The van der Waals surface area contributed by atoms with Crippen molar-refractivity contribution < 1.29 is 9.53 Å². The molecule has 0 spiro atoms. The highest BCUT2D eigenvalue weighted by atomic mass is 35.5. The van der Waals surface area contributed by atoms with Crippen molar-refractivity contribution in [3.8, 4) is 0 Å². The molecular formula is C17H25ClN2O2. The van der Waals surface area contributed by atoms with Gasteiger partial charge in [0.1, 0.15) is 6.10 Å². The second-order valence-corrected chi connectivity index (χ2v) is 6.36. The maximum absolute atomic E-state index is 12.7. The molecule has 1 amide bonds. The van der Waals surface area contributed by atoms with E-state index in [1.165, 1.54) is 0 Å². The number of nitrogens with two attached hydrogens (primary N) is 1. The minimum absolute atomic E-state index is 0. The zero-order valence-corrected chi connectivity index (χ0v) is 13.8. The SMILES string of the molecule is CC1CN(C(=O)C2CCC(N)C2)CC(c2ccccc2)O1.Cl. The summed E-state index contributed by atoms with van der Waals surface area (Å²) in [6, 6.07) is 10.4. The maximum atomic E-state index is 12.7. The number of nitrogens with zero attached hydrogens (tertiary/aromatic N) is 1. The molecule has 122 valence electrons. The second kappa shape index (κ2) is 7.44. The molecular weight excluding hydrogens is 300 g/mol. The molecule has 1 aromatic carbocycles. The van der Waals surface area contributed by atoms with Gasteiger partial charge in [0.15, 0.2) is 0 Å². The van der Waals surface area contributed by atoms with Crippen LogP contribution in [0, 0.1) is 5.92 Å². The standard InChI is InChI=1S/C17H24N2O2.ClH/c1-12-10-19(17(20)14-7-8-15(18)9-14)11-16(21-12)13-5-3-2-4-6-13;/h2-6,12,14-16H,7-11,18H2,1H3;1H. The molecule has 4 nitrogen and oxygen atoms in total. The first-order valence-electron chi connectivity index (χ1n) is 7.88. The van der Waals surface area contributed by atoms with Crippen LogP contribution in [0.5, 0.6) is 0 Å². The number of carbonyl (C=O) groups is 1. The van der Waals surface area contributed by atoms with E-state index in [-0.39, 0.29) is 42.5 Å². The molecule has 1 aliphatic carbocycles. The van der Waals surface area contributed by atoms with Crippen molar-refractivity contribution in [3.05, 3.63) is 35.9 Å². The normalized spacial score (nSPS) is 31.6. The number of benzene rings is 1. The Morgan fingerprint density at radius 1 is 1.23 bits per heavy atom. The van der Waals surface area contributed by atoms with Gasteiger partial charge in [-0.1, -0.05) is 30.3 Å². The van der Waals surface area contributed by atoms with E-state index in [0.29, 0.717) is 13.1 Å². The summed E-state index contributed by atoms with van der Waals surface area (Å²) in [7, 11) is 0. The molecule has 1 saturated heterocycles.